The van der Waals surface area contributed by atoms with Crippen LogP contribution in [-0.2, 0) is 16.1 Å². The normalized spacial score (nSPS) is 14.7. The van der Waals surface area contributed by atoms with Crippen LogP contribution < -0.4 is 14.8 Å². The Morgan fingerprint density at radius 2 is 1.95 bits per heavy atom. The van der Waals surface area contributed by atoms with Crippen LogP contribution in [0.15, 0.2) is 52.8 Å². The summed E-state index contributed by atoms with van der Waals surface area (Å²) in [6, 6.07) is 10.3. The minimum Gasteiger partial charge on any atom is -0.493 e. The number of halogens is 2. The third-order valence-electron chi connectivity index (χ3n) is 5.85. The number of anilines is 1. The zero-order chi connectivity index (χ0) is 26.5. The molecule has 1 atom stereocenters. The van der Waals surface area contributed by atoms with Gasteiger partial charge in [0.2, 0.25) is 11.1 Å². The van der Waals surface area contributed by atoms with Gasteiger partial charge in [0.15, 0.2) is 11.5 Å². The van der Waals surface area contributed by atoms with Crippen LogP contribution in [0.2, 0.25) is 10.0 Å². The Morgan fingerprint density at radius 3 is 2.65 bits per heavy atom. The van der Waals surface area contributed by atoms with Crippen LogP contribution >= 0.6 is 35.0 Å². The van der Waals surface area contributed by atoms with E-state index >= 15 is 0 Å². The lowest BCUT2D eigenvalue weighted by Crippen LogP contribution is -2.29. The number of esters is 1. The number of ether oxygens (including phenoxy) is 3. The SMILES string of the molecule is CCCCSc1nc2n(n1)C(c1ccc(OCc3ccc(Cl)c(Cl)c3)c(OC)c1)C(C(=O)OC)=C(C)N2. The topological polar surface area (TPSA) is 87.5 Å². The van der Waals surface area contributed by atoms with Gasteiger partial charge in [-0.05, 0) is 48.7 Å². The number of nitrogens with zero attached hydrogens (tertiary/aromatic N) is 3. The van der Waals surface area contributed by atoms with Gasteiger partial charge < -0.3 is 19.5 Å². The summed E-state index contributed by atoms with van der Waals surface area (Å²) in [7, 11) is 2.93. The van der Waals surface area contributed by atoms with E-state index < -0.39 is 12.0 Å². The second-order valence-corrected chi connectivity index (χ2v) is 10.2. The molecule has 37 heavy (non-hydrogen) atoms. The molecule has 3 aromatic rings. The predicted molar refractivity (Wildman–Crippen MR) is 146 cm³/mol. The number of nitrogens with one attached hydrogen (secondary N) is 1. The van der Waals surface area contributed by atoms with Gasteiger partial charge in [-0.25, -0.2) is 9.48 Å². The monoisotopic (exact) mass is 562 g/mol. The molecule has 1 unspecified atom stereocenters. The fourth-order valence-electron chi connectivity index (χ4n) is 3.95. The number of methoxy groups -OCH3 is 2. The third kappa shape index (κ3) is 6.00. The van der Waals surface area contributed by atoms with Crippen LogP contribution in [0.3, 0.4) is 0 Å². The predicted octanol–water partition coefficient (Wildman–Crippen LogP) is 6.53. The Morgan fingerprint density at radius 1 is 1.14 bits per heavy atom. The number of aromatic nitrogens is 3. The molecule has 1 aliphatic rings. The quantitative estimate of drug-likeness (QED) is 0.169. The molecule has 196 valence electrons. The van der Waals surface area contributed by atoms with Crippen LogP contribution in [0.1, 0.15) is 43.9 Å². The van der Waals surface area contributed by atoms with Gasteiger partial charge in [-0.15, -0.1) is 5.10 Å². The van der Waals surface area contributed by atoms with E-state index in [0.29, 0.717) is 43.9 Å². The van der Waals surface area contributed by atoms with Crippen molar-refractivity contribution in [2.75, 3.05) is 25.3 Å². The summed E-state index contributed by atoms with van der Waals surface area (Å²) in [5.41, 5.74) is 2.74. The van der Waals surface area contributed by atoms with Crippen molar-refractivity contribution in [3.8, 4) is 11.5 Å². The molecule has 0 aliphatic carbocycles. The maximum atomic E-state index is 12.9. The minimum atomic E-state index is -0.560. The van der Waals surface area contributed by atoms with Gasteiger partial charge in [0.1, 0.15) is 12.6 Å². The molecule has 2 heterocycles. The summed E-state index contributed by atoms with van der Waals surface area (Å²) in [6.45, 7) is 4.25. The van der Waals surface area contributed by atoms with Gasteiger partial charge in [-0.2, -0.15) is 4.98 Å². The molecular weight excluding hydrogens is 535 g/mol. The highest BCUT2D eigenvalue weighted by molar-refractivity contribution is 7.99. The first-order valence-electron chi connectivity index (χ1n) is 11.8. The van der Waals surface area contributed by atoms with Crippen molar-refractivity contribution in [1.29, 1.82) is 0 Å². The summed E-state index contributed by atoms with van der Waals surface area (Å²) in [6.07, 6.45) is 2.16. The molecule has 0 saturated carbocycles. The maximum absolute atomic E-state index is 12.9. The standard InChI is InChI=1S/C26H28Cl2N4O4S/c1-5-6-11-37-26-30-25-29-15(2)22(24(33)35-4)23(32(25)31-26)17-8-10-20(21(13-17)34-3)36-14-16-7-9-18(27)19(28)12-16/h7-10,12-13,23H,5-6,11,14H2,1-4H3,(H,29,30,31). The number of carbonyl (C=O) groups is 1. The van der Waals surface area contributed by atoms with Crippen LogP contribution in [0.25, 0.3) is 0 Å². The van der Waals surface area contributed by atoms with E-state index in [2.05, 4.69) is 17.2 Å². The molecule has 4 rings (SSSR count). The zero-order valence-corrected chi connectivity index (χ0v) is 23.3. The van der Waals surface area contributed by atoms with Gasteiger partial charge in [0.25, 0.3) is 0 Å². The van der Waals surface area contributed by atoms with Crippen molar-refractivity contribution in [3.05, 3.63) is 68.8 Å². The number of hydrogen-bond acceptors (Lipinski definition) is 8. The lowest BCUT2D eigenvalue weighted by molar-refractivity contribution is -0.136. The Labute approximate surface area is 230 Å². The van der Waals surface area contributed by atoms with Crippen molar-refractivity contribution in [3.63, 3.8) is 0 Å². The molecule has 0 fully saturated rings. The first-order chi connectivity index (χ1) is 17.9. The third-order valence-corrected chi connectivity index (χ3v) is 7.51. The highest BCUT2D eigenvalue weighted by atomic mass is 35.5. The molecule has 0 amide bonds. The number of allylic oxidation sites excluding steroid dienone is 1. The molecule has 0 radical (unpaired) electrons. The van der Waals surface area contributed by atoms with Crippen LogP contribution in [0.4, 0.5) is 5.95 Å². The van der Waals surface area contributed by atoms with E-state index in [0.717, 1.165) is 29.7 Å². The van der Waals surface area contributed by atoms with E-state index in [9.17, 15) is 4.79 Å². The number of rotatable bonds is 10. The summed E-state index contributed by atoms with van der Waals surface area (Å²) in [5, 5.41) is 9.51. The average molecular weight is 564 g/mol. The van der Waals surface area contributed by atoms with Crippen LogP contribution in [0, 0.1) is 0 Å². The first-order valence-corrected chi connectivity index (χ1v) is 13.5. The van der Waals surface area contributed by atoms with Crippen molar-refractivity contribution in [1.82, 2.24) is 14.8 Å². The maximum Gasteiger partial charge on any atom is 0.338 e. The summed E-state index contributed by atoms with van der Waals surface area (Å²) >= 11 is 13.7. The summed E-state index contributed by atoms with van der Waals surface area (Å²) in [5.74, 6) is 2.08. The molecule has 1 N–H and O–H groups in total. The molecular formula is C26H28Cl2N4O4S. The van der Waals surface area contributed by atoms with E-state index in [-0.39, 0.29) is 6.61 Å². The number of thioether (sulfide) groups is 1. The average Bonchev–Trinajstić information content (AvgIpc) is 3.30. The van der Waals surface area contributed by atoms with Crippen LogP contribution in [0.5, 0.6) is 11.5 Å². The largest absolute Gasteiger partial charge is 0.493 e. The van der Waals surface area contributed by atoms with Crippen molar-refractivity contribution in [2.45, 2.75) is 44.5 Å². The van der Waals surface area contributed by atoms with E-state index in [4.69, 9.17) is 42.5 Å². The van der Waals surface area contributed by atoms with E-state index in [1.807, 2.05) is 31.2 Å². The van der Waals surface area contributed by atoms with Crippen molar-refractivity contribution < 1.29 is 19.0 Å². The summed E-state index contributed by atoms with van der Waals surface area (Å²) in [4.78, 5) is 17.5. The molecule has 0 saturated heterocycles. The van der Waals surface area contributed by atoms with Crippen molar-refractivity contribution >= 4 is 46.9 Å². The number of fused-ring (bicyclic) bond motifs is 1. The van der Waals surface area contributed by atoms with Gasteiger partial charge in [-0.3, -0.25) is 0 Å². The van der Waals surface area contributed by atoms with Gasteiger partial charge in [0, 0.05) is 11.4 Å². The Kier molecular flexibility index (Phi) is 8.89. The Bertz CT molecular complexity index is 1330. The molecule has 0 bridgehead atoms. The number of carbonyl (C=O) groups excluding carboxylic acids is 1. The van der Waals surface area contributed by atoms with E-state index in [1.54, 1.807) is 35.7 Å². The smallest absolute Gasteiger partial charge is 0.338 e. The zero-order valence-electron chi connectivity index (χ0n) is 21.0. The van der Waals surface area contributed by atoms with Crippen LogP contribution in [-0.4, -0.2) is 40.7 Å². The highest BCUT2D eigenvalue weighted by Gasteiger charge is 2.35. The number of hydrogen-bond donors (Lipinski definition) is 1. The summed E-state index contributed by atoms with van der Waals surface area (Å²) < 4.78 is 18.5. The molecule has 11 heteroatoms. The van der Waals surface area contributed by atoms with Gasteiger partial charge >= 0.3 is 5.97 Å². The van der Waals surface area contributed by atoms with Crippen molar-refractivity contribution in [2.24, 2.45) is 0 Å². The molecule has 1 aliphatic heterocycles. The number of unbranched alkanes of at least 4 members (excludes halogenated alkanes) is 1. The second kappa shape index (κ2) is 12.1. The Balaban J connectivity index is 1.67. The molecule has 0 spiro atoms. The lowest BCUT2D eigenvalue weighted by Gasteiger charge is -2.28. The minimum absolute atomic E-state index is 0.276. The van der Waals surface area contributed by atoms with Gasteiger partial charge in [0.05, 0.1) is 29.8 Å². The Hall–Kier alpha value is -2.88. The lowest BCUT2D eigenvalue weighted by atomic mass is 9.95. The fraction of sp³-hybridized carbons (Fsp3) is 0.346. The molecule has 2 aromatic carbocycles. The highest BCUT2D eigenvalue weighted by Crippen LogP contribution is 2.40. The number of benzene rings is 2. The van der Waals surface area contributed by atoms with E-state index in [1.165, 1.54) is 7.11 Å². The second-order valence-electron chi connectivity index (χ2n) is 8.37. The first kappa shape index (κ1) is 27.2. The fourth-order valence-corrected chi connectivity index (χ4v) is 5.18. The molecule has 8 nitrogen and oxygen atoms in total. The van der Waals surface area contributed by atoms with Gasteiger partial charge in [-0.1, -0.05) is 60.4 Å². The molecule has 1 aromatic heterocycles.